The second-order valence-electron chi connectivity index (χ2n) is 8.51. The summed E-state index contributed by atoms with van der Waals surface area (Å²) in [6.07, 6.45) is 7.64. The van der Waals surface area contributed by atoms with E-state index in [0.717, 1.165) is 38.9 Å². The zero-order valence-corrected chi connectivity index (χ0v) is 18.9. The van der Waals surface area contributed by atoms with Crippen LogP contribution in [0.5, 0.6) is 0 Å². The number of benzene rings is 2. The van der Waals surface area contributed by atoms with Gasteiger partial charge in [-0.3, -0.25) is 4.79 Å². The van der Waals surface area contributed by atoms with Crippen LogP contribution in [0.25, 0.3) is 39.0 Å². The quantitative estimate of drug-likeness (QED) is 0.285. The number of aryl methyl sites for hydroxylation is 1. The molecule has 0 spiro atoms. The predicted molar refractivity (Wildman–Crippen MR) is 134 cm³/mol. The Morgan fingerprint density at radius 1 is 1.09 bits per heavy atom. The minimum absolute atomic E-state index is 0.234. The van der Waals surface area contributed by atoms with Gasteiger partial charge in [0.2, 0.25) is 0 Å². The van der Waals surface area contributed by atoms with Gasteiger partial charge in [0, 0.05) is 48.5 Å². The number of halogens is 1. The minimum Gasteiger partial charge on any atom is -0.384 e. The molecule has 0 aliphatic carbocycles. The molecular weight excluding hydrogens is 445 g/mol. The average Bonchev–Trinajstić information content (AvgIpc) is 3.58. The van der Waals surface area contributed by atoms with Crippen LogP contribution in [0.4, 0.5) is 10.1 Å². The number of fused-ring (bicyclic) bond motifs is 2. The summed E-state index contributed by atoms with van der Waals surface area (Å²) in [5.74, 6) is 0.228. The zero-order chi connectivity index (χ0) is 23.9. The normalized spacial score (nSPS) is 11.5. The van der Waals surface area contributed by atoms with E-state index in [1.165, 1.54) is 12.1 Å². The summed E-state index contributed by atoms with van der Waals surface area (Å²) in [6, 6.07) is 12.6. The Morgan fingerprint density at radius 2 is 2.00 bits per heavy atom. The molecule has 0 radical (unpaired) electrons. The predicted octanol–water partition coefficient (Wildman–Crippen LogP) is 4.69. The maximum absolute atomic E-state index is 13.5. The molecule has 0 saturated carbocycles. The summed E-state index contributed by atoms with van der Waals surface area (Å²) in [7, 11) is 0. The number of rotatable bonds is 6. The number of aromatic amines is 3. The van der Waals surface area contributed by atoms with Gasteiger partial charge >= 0.3 is 0 Å². The fourth-order valence-electron chi connectivity index (χ4n) is 4.44. The van der Waals surface area contributed by atoms with E-state index in [1.807, 2.05) is 42.0 Å². The third kappa shape index (κ3) is 3.86. The molecule has 174 valence electrons. The second-order valence-corrected chi connectivity index (χ2v) is 8.51. The van der Waals surface area contributed by atoms with Crippen molar-refractivity contribution in [2.75, 3.05) is 11.9 Å². The molecule has 0 unspecified atom stereocenters. The van der Waals surface area contributed by atoms with E-state index in [4.69, 9.17) is 4.98 Å². The van der Waals surface area contributed by atoms with Gasteiger partial charge in [-0.05, 0) is 60.3 Å². The van der Waals surface area contributed by atoms with Gasteiger partial charge in [-0.2, -0.15) is 0 Å². The SMILES string of the molecule is Cc1cc(-n2ccnc2)cc2[nH]c(-c3c(NCCc4cc5ccc(F)cc5[nH]4)cc[nH]c3=O)nc12. The lowest BCUT2D eigenvalue weighted by molar-refractivity contribution is 0.629. The molecule has 8 nitrogen and oxygen atoms in total. The summed E-state index contributed by atoms with van der Waals surface area (Å²) in [5, 5.41) is 4.33. The molecule has 0 aliphatic heterocycles. The molecule has 4 N–H and O–H groups in total. The smallest absolute Gasteiger partial charge is 0.261 e. The molecule has 9 heteroatoms. The Morgan fingerprint density at radius 3 is 2.86 bits per heavy atom. The van der Waals surface area contributed by atoms with Gasteiger partial charge in [0.25, 0.3) is 5.56 Å². The van der Waals surface area contributed by atoms with Crippen LogP contribution in [0.1, 0.15) is 11.3 Å². The molecule has 0 aliphatic rings. The number of hydrogen-bond donors (Lipinski definition) is 4. The third-order valence-corrected chi connectivity index (χ3v) is 6.11. The van der Waals surface area contributed by atoms with Crippen LogP contribution in [-0.2, 0) is 6.42 Å². The van der Waals surface area contributed by atoms with Crippen LogP contribution in [0, 0.1) is 12.7 Å². The van der Waals surface area contributed by atoms with E-state index in [-0.39, 0.29) is 11.4 Å². The van der Waals surface area contributed by atoms with E-state index in [9.17, 15) is 9.18 Å². The second kappa shape index (κ2) is 8.28. The minimum atomic E-state index is -0.268. The first-order valence-corrected chi connectivity index (χ1v) is 11.3. The van der Waals surface area contributed by atoms with Crippen molar-refractivity contribution < 1.29 is 4.39 Å². The highest BCUT2D eigenvalue weighted by molar-refractivity contribution is 5.86. The van der Waals surface area contributed by atoms with Crippen molar-refractivity contribution in [3.63, 3.8) is 0 Å². The fraction of sp³-hybridized carbons (Fsp3) is 0.115. The van der Waals surface area contributed by atoms with Crippen molar-refractivity contribution in [3.8, 4) is 17.1 Å². The summed E-state index contributed by atoms with van der Waals surface area (Å²) in [6.45, 7) is 2.57. The fourth-order valence-corrected chi connectivity index (χ4v) is 4.44. The molecule has 0 atom stereocenters. The average molecular weight is 468 g/mol. The van der Waals surface area contributed by atoms with Gasteiger partial charge in [0.05, 0.1) is 23.0 Å². The molecule has 0 fully saturated rings. The maximum Gasteiger partial charge on any atom is 0.261 e. The highest BCUT2D eigenvalue weighted by atomic mass is 19.1. The number of anilines is 1. The van der Waals surface area contributed by atoms with Gasteiger partial charge < -0.3 is 24.8 Å². The summed E-state index contributed by atoms with van der Waals surface area (Å²) in [4.78, 5) is 31.0. The van der Waals surface area contributed by atoms with Crippen molar-refractivity contribution in [2.24, 2.45) is 0 Å². The molecule has 0 saturated heterocycles. The standard InChI is InChI=1S/C26H22FN7O/c1-15-10-19(34-9-8-28-14-34)13-22-24(15)33-25(32-22)23-20(5-7-30-26(23)35)29-6-4-18-11-16-2-3-17(27)12-21(16)31-18/h2-3,5,7-14,31H,4,6H2,1H3,(H,32,33)(H2,29,30,35). The molecule has 0 bridgehead atoms. The Kier molecular flexibility index (Phi) is 4.95. The Balaban J connectivity index is 1.29. The Bertz CT molecular complexity index is 1730. The molecule has 4 heterocycles. The first kappa shape index (κ1) is 20.9. The topological polar surface area (TPSA) is 107 Å². The highest BCUT2D eigenvalue weighted by Crippen LogP contribution is 2.27. The van der Waals surface area contributed by atoms with Crippen LogP contribution >= 0.6 is 0 Å². The molecule has 6 rings (SSSR count). The molecule has 0 amide bonds. The largest absolute Gasteiger partial charge is 0.384 e. The summed E-state index contributed by atoms with van der Waals surface area (Å²) >= 11 is 0. The number of imidazole rings is 2. The van der Waals surface area contributed by atoms with Crippen molar-refractivity contribution in [3.05, 3.63) is 94.8 Å². The van der Waals surface area contributed by atoms with Crippen molar-refractivity contribution in [1.82, 2.24) is 29.5 Å². The number of nitrogens with zero attached hydrogens (tertiary/aromatic N) is 3. The molecule has 2 aromatic carbocycles. The van der Waals surface area contributed by atoms with Crippen molar-refractivity contribution >= 4 is 27.6 Å². The number of nitrogens with one attached hydrogen (secondary N) is 4. The van der Waals surface area contributed by atoms with Crippen molar-refractivity contribution in [2.45, 2.75) is 13.3 Å². The number of hydrogen-bond acceptors (Lipinski definition) is 4. The molecular formula is C26H22FN7O. The van der Waals surface area contributed by atoms with Gasteiger partial charge in [-0.25, -0.2) is 14.4 Å². The van der Waals surface area contributed by atoms with Crippen LogP contribution in [0.3, 0.4) is 0 Å². The molecule has 35 heavy (non-hydrogen) atoms. The maximum atomic E-state index is 13.5. The van der Waals surface area contributed by atoms with E-state index in [1.54, 1.807) is 24.8 Å². The lowest BCUT2D eigenvalue weighted by Crippen LogP contribution is -2.14. The highest BCUT2D eigenvalue weighted by Gasteiger charge is 2.16. The lowest BCUT2D eigenvalue weighted by Gasteiger charge is -2.09. The van der Waals surface area contributed by atoms with Crippen molar-refractivity contribution in [1.29, 1.82) is 0 Å². The summed E-state index contributed by atoms with van der Waals surface area (Å²) in [5.41, 5.74) is 6.25. The van der Waals surface area contributed by atoms with E-state index in [0.29, 0.717) is 30.0 Å². The van der Waals surface area contributed by atoms with E-state index < -0.39 is 0 Å². The van der Waals surface area contributed by atoms with Gasteiger partial charge in [0.1, 0.15) is 17.2 Å². The Hall–Kier alpha value is -4.66. The molecule has 6 aromatic rings. The Labute approximate surface area is 198 Å². The number of pyridine rings is 1. The first-order valence-electron chi connectivity index (χ1n) is 11.3. The monoisotopic (exact) mass is 467 g/mol. The van der Waals surface area contributed by atoms with Gasteiger partial charge in [-0.15, -0.1) is 0 Å². The zero-order valence-electron chi connectivity index (χ0n) is 18.9. The molecule has 4 aromatic heterocycles. The lowest BCUT2D eigenvalue weighted by atomic mass is 10.2. The number of aromatic nitrogens is 6. The van der Waals surface area contributed by atoms with Crippen LogP contribution < -0.4 is 10.9 Å². The third-order valence-electron chi connectivity index (χ3n) is 6.11. The first-order chi connectivity index (χ1) is 17.0. The van der Waals surface area contributed by atoms with Gasteiger partial charge in [0.15, 0.2) is 0 Å². The van der Waals surface area contributed by atoms with Crippen LogP contribution in [0.2, 0.25) is 0 Å². The van der Waals surface area contributed by atoms with E-state index in [2.05, 4.69) is 25.3 Å². The van der Waals surface area contributed by atoms with Crippen LogP contribution in [0.15, 0.2) is 72.2 Å². The van der Waals surface area contributed by atoms with E-state index >= 15 is 0 Å². The summed E-state index contributed by atoms with van der Waals surface area (Å²) < 4.78 is 15.4. The van der Waals surface area contributed by atoms with Crippen LogP contribution in [-0.4, -0.2) is 36.0 Å². The van der Waals surface area contributed by atoms with Gasteiger partial charge in [-0.1, -0.05) is 0 Å². The number of H-pyrrole nitrogens is 3.